The first-order chi connectivity index (χ1) is 7.72. The third kappa shape index (κ3) is 3.44. The molecule has 90 valence electrons. The van der Waals surface area contributed by atoms with Gasteiger partial charge in [0.2, 0.25) is 0 Å². The number of ether oxygens (including phenoxy) is 3. The van der Waals surface area contributed by atoms with Gasteiger partial charge in [-0.2, -0.15) is 0 Å². The molecule has 0 saturated carbocycles. The second-order valence-corrected chi connectivity index (χ2v) is 3.77. The van der Waals surface area contributed by atoms with Crippen molar-refractivity contribution in [3.8, 4) is 11.5 Å². The molecule has 3 nitrogen and oxygen atoms in total. The largest absolute Gasteiger partial charge is 0.493 e. The van der Waals surface area contributed by atoms with Gasteiger partial charge >= 0.3 is 0 Å². The Hall–Kier alpha value is -0.640. The molecule has 0 heterocycles. The number of hydrogen-bond donors (Lipinski definition) is 0. The first kappa shape index (κ1) is 13.4. The fraction of sp³-hybridized carbons (Fsp3) is 0.455. The van der Waals surface area contributed by atoms with Crippen LogP contribution in [-0.2, 0) is 10.6 Å². The molecule has 0 N–H and O–H groups in total. The summed E-state index contributed by atoms with van der Waals surface area (Å²) in [4.78, 5) is 0. The number of alkyl halides is 1. The maximum Gasteiger partial charge on any atom is 0.165 e. The molecule has 0 bridgehead atoms. The monoisotopic (exact) mass is 264 g/mol. The van der Waals surface area contributed by atoms with Crippen LogP contribution < -0.4 is 9.47 Å². The van der Waals surface area contributed by atoms with Gasteiger partial charge in [0.25, 0.3) is 0 Å². The van der Waals surface area contributed by atoms with Gasteiger partial charge in [0.05, 0.1) is 19.6 Å². The predicted octanol–water partition coefficient (Wildman–Crippen LogP) is 3.11. The molecule has 0 spiro atoms. The van der Waals surface area contributed by atoms with Crippen molar-refractivity contribution in [3.05, 3.63) is 22.7 Å². The van der Waals surface area contributed by atoms with Gasteiger partial charge in [-0.1, -0.05) is 11.6 Å². The minimum Gasteiger partial charge on any atom is -0.493 e. The molecule has 0 aliphatic rings. The summed E-state index contributed by atoms with van der Waals surface area (Å²) < 4.78 is 15.7. The Kier molecular flexibility index (Phi) is 5.74. The van der Waals surface area contributed by atoms with Crippen molar-refractivity contribution in [2.24, 2.45) is 0 Å². The SMILES string of the molecule is COCCOc1c(CCl)cc(Cl)cc1OC. The van der Waals surface area contributed by atoms with E-state index in [2.05, 4.69) is 0 Å². The van der Waals surface area contributed by atoms with Gasteiger partial charge in [-0.15, -0.1) is 11.6 Å². The average molecular weight is 265 g/mol. The first-order valence-corrected chi connectivity index (χ1v) is 5.68. The molecule has 0 unspecified atom stereocenters. The fourth-order valence-electron chi connectivity index (χ4n) is 1.26. The molecule has 0 aromatic heterocycles. The summed E-state index contributed by atoms with van der Waals surface area (Å²) in [6.07, 6.45) is 0. The van der Waals surface area contributed by atoms with Crippen molar-refractivity contribution < 1.29 is 14.2 Å². The highest BCUT2D eigenvalue weighted by atomic mass is 35.5. The number of methoxy groups -OCH3 is 2. The topological polar surface area (TPSA) is 27.7 Å². The highest BCUT2D eigenvalue weighted by Gasteiger charge is 2.11. The van der Waals surface area contributed by atoms with E-state index in [1.54, 1.807) is 26.4 Å². The van der Waals surface area contributed by atoms with E-state index in [0.717, 1.165) is 5.56 Å². The van der Waals surface area contributed by atoms with Crippen molar-refractivity contribution >= 4 is 23.2 Å². The van der Waals surface area contributed by atoms with Crippen LogP contribution in [0.4, 0.5) is 0 Å². The highest BCUT2D eigenvalue weighted by Crippen LogP contribution is 2.35. The van der Waals surface area contributed by atoms with Crippen molar-refractivity contribution in [1.29, 1.82) is 0 Å². The van der Waals surface area contributed by atoms with Gasteiger partial charge in [-0.25, -0.2) is 0 Å². The highest BCUT2D eigenvalue weighted by molar-refractivity contribution is 6.31. The normalized spacial score (nSPS) is 10.2. The van der Waals surface area contributed by atoms with Crippen molar-refractivity contribution in [3.63, 3.8) is 0 Å². The summed E-state index contributed by atoms with van der Waals surface area (Å²) in [6.45, 7) is 0.950. The average Bonchev–Trinajstić information content (AvgIpc) is 2.30. The van der Waals surface area contributed by atoms with Gasteiger partial charge in [0, 0.05) is 23.8 Å². The molecule has 16 heavy (non-hydrogen) atoms. The number of hydrogen-bond acceptors (Lipinski definition) is 3. The van der Waals surface area contributed by atoms with Crippen LogP contribution in [0.2, 0.25) is 5.02 Å². The molecule has 0 aliphatic carbocycles. The third-order valence-corrected chi connectivity index (χ3v) is 2.50. The van der Waals surface area contributed by atoms with E-state index in [4.69, 9.17) is 37.4 Å². The van der Waals surface area contributed by atoms with E-state index in [-0.39, 0.29) is 0 Å². The zero-order valence-electron chi connectivity index (χ0n) is 9.26. The van der Waals surface area contributed by atoms with Crippen LogP contribution in [0.15, 0.2) is 12.1 Å². The van der Waals surface area contributed by atoms with Gasteiger partial charge < -0.3 is 14.2 Å². The molecule has 1 rings (SSSR count). The second-order valence-electron chi connectivity index (χ2n) is 3.07. The van der Waals surface area contributed by atoms with E-state index >= 15 is 0 Å². The van der Waals surface area contributed by atoms with E-state index in [1.165, 1.54) is 0 Å². The molecule has 5 heteroatoms. The standard InChI is InChI=1S/C11H14Cl2O3/c1-14-3-4-16-11-8(7-12)5-9(13)6-10(11)15-2/h5-6H,3-4,7H2,1-2H3. The summed E-state index contributed by atoms with van der Waals surface area (Å²) in [5, 5.41) is 0.576. The molecule has 0 atom stereocenters. The molecule has 0 amide bonds. The van der Waals surface area contributed by atoms with Crippen molar-refractivity contribution in [1.82, 2.24) is 0 Å². The van der Waals surface area contributed by atoms with Crippen LogP contribution in [0.3, 0.4) is 0 Å². The minimum atomic E-state index is 0.319. The first-order valence-electron chi connectivity index (χ1n) is 4.77. The Morgan fingerprint density at radius 1 is 1.19 bits per heavy atom. The Labute approximate surface area is 105 Å². The van der Waals surface area contributed by atoms with E-state index < -0.39 is 0 Å². The van der Waals surface area contributed by atoms with E-state index in [0.29, 0.717) is 35.6 Å². The van der Waals surface area contributed by atoms with Crippen molar-refractivity contribution in [2.75, 3.05) is 27.4 Å². The summed E-state index contributed by atoms with van der Waals surface area (Å²) in [7, 11) is 3.18. The molecule has 1 aromatic carbocycles. The van der Waals surface area contributed by atoms with Crippen LogP contribution in [0.5, 0.6) is 11.5 Å². The lowest BCUT2D eigenvalue weighted by Gasteiger charge is -2.14. The van der Waals surface area contributed by atoms with Crippen LogP contribution in [0.1, 0.15) is 5.56 Å². The molecular formula is C11H14Cl2O3. The maximum absolute atomic E-state index is 5.92. The minimum absolute atomic E-state index is 0.319. The summed E-state index contributed by atoms with van der Waals surface area (Å²) >= 11 is 11.7. The predicted molar refractivity (Wildman–Crippen MR) is 64.9 cm³/mol. The fourth-order valence-corrected chi connectivity index (χ4v) is 1.69. The summed E-state index contributed by atoms with van der Waals surface area (Å²) in [5.41, 5.74) is 0.808. The maximum atomic E-state index is 5.92. The number of rotatable bonds is 6. The number of halogens is 2. The van der Waals surface area contributed by atoms with Gasteiger partial charge in [-0.3, -0.25) is 0 Å². The van der Waals surface area contributed by atoms with Crippen LogP contribution in [0, 0.1) is 0 Å². The quantitative estimate of drug-likeness (QED) is 0.584. The smallest absolute Gasteiger partial charge is 0.165 e. The van der Waals surface area contributed by atoms with E-state index in [9.17, 15) is 0 Å². The lowest BCUT2D eigenvalue weighted by Crippen LogP contribution is -2.07. The Balaban J connectivity index is 2.93. The molecule has 0 saturated heterocycles. The van der Waals surface area contributed by atoms with Crippen LogP contribution in [-0.4, -0.2) is 27.4 Å². The second kappa shape index (κ2) is 6.84. The Bertz CT molecular complexity index is 317. The third-order valence-electron chi connectivity index (χ3n) is 1.99. The Morgan fingerprint density at radius 2 is 1.94 bits per heavy atom. The molecule has 0 fully saturated rings. The molecular weight excluding hydrogens is 251 g/mol. The van der Waals surface area contributed by atoms with Gasteiger partial charge in [0.15, 0.2) is 11.5 Å². The Morgan fingerprint density at radius 3 is 2.50 bits per heavy atom. The summed E-state index contributed by atoms with van der Waals surface area (Å²) in [6, 6.07) is 3.46. The van der Waals surface area contributed by atoms with Gasteiger partial charge in [-0.05, 0) is 6.07 Å². The summed E-state index contributed by atoms with van der Waals surface area (Å²) in [5.74, 6) is 1.53. The zero-order valence-corrected chi connectivity index (χ0v) is 10.8. The lowest BCUT2D eigenvalue weighted by molar-refractivity contribution is 0.143. The molecule has 1 aromatic rings. The van der Waals surface area contributed by atoms with Gasteiger partial charge in [0.1, 0.15) is 6.61 Å². The van der Waals surface area contributed by atoms with Crippen LogP contribution >= 0.6 is 23.2 Å². The van der Waals surface area contributed by atoms with E-state index in [1.807, 2.05) is 0 Å². The molecule has 0 aliphatic heterocycles. The van der Waals surface area contributed by atoms with Crippen LogP contribution in [0.25, 0.3) is 0 Å². The number of benzene rings is 1. The zero-order chi connectivity index (χ0) is 12.0. The lowest BCUT2D eigenvalue weighted by atomic mass is 10.2. The molecule has 0 radical (unpaired) electrons. The van der Waals surface area contributed by atoms with Crippen molar-refractivity contribution in [2.45, 2.75) is 5.88 Å².